The van der Waals surface area contributed by atoms with E-state index in [1.54, 1.807) is 42.5 Å². The molecule has 0 bridgehead atoms. The SMILES string of the molecule is Cc1ccc(S(=O)(=O)CCC(=O)NCCSCc2ccccc2F)cc1. The molecule has 1 N–H and O–H groups in total. The number of rotatable bonds is 9. The molecular weight excluding hydrogens is 373 g/mol. The van der Waals surface area contributed by atoms with E-state index in [0.717, 1.165) is 5.56 Å². The van der Waals surface area contributed by atoms with E-state index < -0.39 is 9.84 Å². The van der Waals surface area contributed by atoms with Gasteiger partial charge in [0.15, 0.2) is 9.84 Å². The standard InChI is InChI=1S/C19H22FNO3S2/c1-15-6-8-17(9-7-15)26(23,24)13-10-19(22)21-11-12-25-14-16-4-2-3-5-18(16)20/h2-9H,10-14H2,1H3,(H,21,22). The number of amides is 1. The Bertz CT molecular complexity index is 836. The van der Waals surface area contributed by atoms with E-state index in [1.165, 1.54) is 17.8 Å². The normalized spacial score (nSPS) is 11.3. The maximum absolute atomic E-state index is 13.5. The third-order valence-electron chi connectivity index (χ3n) is 3.76. The fraction of sp³-hybridized carbons (Fsp3) is 0.316. The van der Waals surface area contributed by atoms with Crippen molar-refractivity contribution in [3.05, 3.63) is 65.5 Å². The molecule has 0 saturated carbocycles. The number of thioether (sulfide) groups is 1. The molecule has 0 heterocycles. The highest BCUT2D eigenvalue weighted by molar-refractivity contribution is 7.98. The van der Waals surface area contributed by atoms with Gasteiger partial charge in [0.1, 0.15) is 5.82 Å². The molecule has 0 spiro atoms. The molecule has 2 rings (SSSR count). The van der Waals surface area contributed by atoms with Crippen LogP contribution >= 0.6 is 11.8 Å². The lowest BCUT2D eigenvalue weighted by atomic mass is 10.2. The molecule has 0 aliphatic carbocycles. The Hall–Kier alpha value is -1.86. The summed E-state index contributed by atoms with van der Waals surface area (Å²) < 4.78 is 37.8. The first-order valence-electron chi connectivity index (χ1n) is 8.26. The van der Waals surface area contributed by atoms with Crippen molar-refractivity contribution in [1.82, 2.24) is 5.32 Å². The second kappa shape index (κ2) is 9.73. The van der Waals surface area contributed by atoms with Gasteiger partial charge in [0.05, 0.1) is 10.6 Å². The molecule has 0 fully saturated rings. The van der Waals surface area contributed by atoms with Crippen LogP contribution in [0.25, 0.3) is 0 Å². The number of halogens is 1. The number of hydrogen-bond acceptors (Lipinski definition) is 4. The molecule has 4 nitrogen and oxygen atoms in total. The predicted octanol–water partition coefficient (Wildman–Crippen LogP) is 3.35. The monoisotopic (exact) mass is 395 g/mol. The van der Waals surface area contributed by atoms with Crippen LogP contribution in [0.4, 0.5) is 4.39 Å². The highest BCUT2D eigenvalue weighted by atomic mass is 32.2. The molecule has 0 radical (unpaired) electrons. The van der Waals surface area contributed by atoms with Crippen molar-refractivity contribution in [2.75, 3.05) is 18.1 Å². The molecule has 0 saturated heterocycles. The van der Waals surface area contributed by atoms with E-state index in [9.17, 15) is 17.6 Å². The highest BCUT2D eigenvalue weighted by Crippen LogP contribution is 2.15. The van der Waals surface area contributed by atoms with Gasteiger partial charge >= 0.3 is 0 Å². The summed E-state index contributed by atoms with van der Waals surface area (Å²) in [5.74, 6) is 0.414. The minimum atomic E-state index is -3.46. The molecule has 0 aliphatic heterocycles. The third-order valence-corrected chi connectivity index (χ3v) is 6.50. The van der Waals surface area contributed by atoms with Crippen molar-refractivity contribution in [3.63, 3.8) is 0 Å². The highest BCUT2D eigenvalue weighted by Gasteiger charge is 2.16. The quantitative estimate of drug-likeness (QED) is 0.662. The second-order valence-corrected chi connectivity index (χ2v) is 9.09. The Morgan fingerprint density at radius 3 is 2.50 bits per heavy atom. The molecule has 140 valence electrons. The summed E-state index contributed by atoms with van der Waals surface area (Å²) in [4.78, 5) is 12.1. The average molecular weight is 396 g/mol. The number of nitrogens with one attached hydrogen (secondary N) is 1. The summed E-state index contributed by atoms with van der Waals surface area (Å²) in [5, 5.41) is 2.70. The lowest BCUT2D eigenvalue weighted by Crippen LogP contribution is -2.27. The number of aryl methyl sites for hydroxylation is 1. The Morgan fingerprint density at radius 2 is 1.81 bits per heavy atom. The molecule has 0 atom stereocenters. The van der Waals surface area contributed by atoms with Crippen molar-refractivity contribution >= 4 is 27.5 Å². The van der Waals surface area contributed by atoms with Gasteiger partial charge in [0, 0.05) is 24.5 Å². The summed E-state index contributed by atoms with van der Waals surface area (Å²) in [5.41, 5.74) is 1.61. The first-order chi connectivity index (χ1) is 12.4. The Balaban J connectivity index is 1.67. The van der Waals surface area contributed by atoms with Gasteiger partial charge in [-0.05, 0) is 30.7 Å². The Kier molecular flexibility index (Phi) is 7.66. The van der Waals surface area contributed by atoms with Gasteiger partial charge < -0.3 is 5.32 Å². The third kappa shape index (κ3) is 6.46. The van der Waals surface area contributed by atoms with Gasteiger partial charge in [-0.1, -0.05) is 35.9 Å². The Labute approximate surface area is 158 Å². The van der Waals surface area contributed by atoms with Crippen LogP contribution in [0.1, 0.15) is 17.5 Å². The van der Waals surface area contributed by atoms with Gasteiger partial charge in [-0.25, -0.2) is 12.8 Å². The van der Waals surface area contributed by atoms with Crippen LogP contribution in [0.3, 0.4) is 0 Å². The maximum atomic E-state index is 13.5. The van der Waals surface area contributed by atoms with Gasteiger partial charge in [-0.2, -0.15) is 11.8 Å². The fourth-order valence-electron chi connectivity index (χ4n) is 2.24. The zero-order chi connectivity index (χ0) is 19.0. The summed E-state index contributed by atoms with van der Waals surface area (Å²) >= 11 is 1.51. The first kappa shape index (κ1) is 20.5. The van der Waals surface area contributed by atoms with E-state index in [-0.39, 0.29) is 28.8 Å². The van der Waals surface area contributed by atoms with Gasteiger partial charge in [0.2, 0.25) is 5.91 Å². The summed E-state index contributed by atoms with van der Waals surface area (Å²) in [6.07, 6.45) is -0.0752. The predicted molar refractivity (Wildman–Crippen MR) is 103 cm³/mol. The van der Waals surface area contributed by atoms with Gasteiger partial charge in [-0.15, -0.1) is 0 Å². The average Bonchev–Trinajstić information content (AvgIpc) is 2.61. The summed E-state index contributed by atoms with van der Waals surface area (Å²) in [7, 11) is -3.46. The topological polar surface area (TPSA) is 63.2 Å². The van der Waals surface area contributed by atoms with Crippen molar-refractivity contribution in [3.8, 4) is 0 Å². The Morgan fingerprint density at radius 1 is 1.12 bits per heavy atom. The number of sulfone groups is 1. The second-order valence-electron chi connectivity index (χ2n) is 5.88. The summed E-state index contributed by atoms with van der Waals surface area (Å²) in [6, 6.07) is 13.2. The molecular formula is C19H22FNO3S2. The zero-order valence-corrected chi connectivity index (χ0v) is 16.2. The van der Waals surface area contributed by atoms with Crippen LogP contribution in [0, 0.1) is 12.7 Å². The van der Waals surface area contributed by atoms with E-state index in [0.29, 0.717) is 23.6 Å². The van der Waals surface area contributed by atoms with E-state index >= 15 is 0 Å². The van der Waals surface area contributed by atoms with Crippen LogP contribution < -0.4 is 5.32 Å². The van der Waals surface area contributed by atoms with Crippen molar-refractivity contribution < 1.29 is 17.6 Å². The zero-order valence-electron chi connectivity index (χ0n) is 14.6. The minimum Gasteiger partial charge on any atom is -0.355 e. The number of carbonyl (C=O) groups is 1. The van der Waals surface area contributed by atoms with E-state index in [2.05, 4.69) is 5.32 Å². The lowest BCUT2D eigenvalue weighted by Gasteiger charge is -2.07. The summed E-state index contributed by atoms with van der Waals surface area (Å²) in [6.45, 7) is 2.30. The molecule has 2 aromatic carbocycles. The maximum Gasteiger partial charge on any atom is 0.221 e. The largest absolute Gasteiger partial charge is 0.355 e. The van der Waals surface area contributed by atoms with Gasteiger partial charge in [0.25, 0.3) is 0 Å². The van der Waals surface area contributed by atoms with Crippen molar-refractivity contribution in [2.45, 2.75) is 24.0 Å². The van der Waals surface area contributed by atoms with Crippen molar-refractivity contribution in [1.29, 1.82) is 0 Å². The number of benzene rings is 2. The lowest BCUT2D eigenvalue weighted by molar-refractivity contribution is -0.120. The van der Waals surface area contributed by atoms with Gasteiger partial charge in [-0.3, -0.25) is 4.79 Å². The van der Waals surface area contributed by atoms with Crippen molar-refractivity contribution in [2.24, 2.45) is 0 Å². The molecule has 0 aliphatic rings. The number of hydrogen-bond donors (Lipinski definition) is 1. The van der Waals surface area contributed by atoms with Crippen LogP contribution in [0.2, 0.25) is 0 Å². The molecule has 0 unspecified atom stereocenters. The first-order valence-corrected chi connectivity index (χ1v) is 11.1. The van der Waals surface area contributed by atoms with E-state index in [4.69, 9.17) is 0 Å². The van der Waals surface area contributed by atoms with E-state index in [1.807, 2.05) is 6.92 Å². The molecule has 7 heteroatoms. The molecule has 26 heavy (non-hydrogen) atoms. The van der Waals surface area contributed by atoms with Crippen LogP contribution in [0.5, 0.6) is 0 Å². The number of carbonyl (C=O) groups excluding carboxylic acids is 1. The fourth-order valence-corrected chi connectivity index (χ4v) is 4.32. The molecule has 1 amide bonds. The minimum absolute atomic E-state index is 0.0752. The van der Waals surface area contributed by atoms with Crippen LogP contribution in [-0.2, 0) is 20.4 Å². The van der Waals surface area contributed by atoms with Crippen LogP contribution in [0.15, 0.2) is 53.4 Å². The molecule has 2 aromatic rings. The van der Waals surface area contributed by atoms with Crippen LogP contribution in [-0.4, -0.2) is 32.4 Å². The smallest absolute Gasteiger partial charge is 0.221 e. The molecule has 0 aromatic heterocycles.